The number of fused-ring (bicyclic) bond motifs is 1. The van der Waals surface area contributed by atoms with Crippen LogP contribution in [0.4, 0.5) is 5.95 Å². The Bertz CT molecular complexity index is 498. The lowest BCUT2D eigenvalue weighted by Gasteiger charge is -2.33. The molecule has 1 aliphatic heterocycles. The molecule has 1 aliphatic rings. The second-order valence-electron chi connectivity index (χ2n) is 5.22. The van der Waals surface area contributed by atoms with Crippen molar-refractivity contribution in [3.63, 3.8) is 0 Å². The van der Waals surface area contributed by atoms with E-state index < -0.39 is 0 Å². The molecule has 0 bridgehead atoms. The summed E-state index contributed by atoms with van der Waals surface area (Å²) in [4.78, 5) is 4.44. The van der Waals surface area contributed by atoms with Gasteiger partial charge >= 0.3 is 0 Å². The van der Waals surface area contributed by atoms with E-state index in [1.165, 1.54) is 0 Å². The number of ether oxygens (including phenoxy) is 1. The second kappa shape index (κ2) is 4.57. The van der Waals surface area contributed by atoms with Crippen molar-refractivity contribution in [1.82, 2.24) is 14.6 Å². The summed E-state index contributed by atoms with van der Waals surface area (Å²) in [6, 6.07) is 5.87. The molecule has 0 aliphatic carbocycles. The molecule has 0 saturated carbocycles. The standard InChI is InChI=1S/C13H18N4O/c1-13(5-8-18-9-6-13)10-14-12-15-11-4-2-3-7-17(11)16-12/h2-4,7H,5-6,8-10H2,1H3,(H,14,16). The lowest BCUT2D eigenvalue weighted by atomic mass is 9.82. The van der Waals surface area contributed by atoms with E-state index >= 15 is 0 Å². The van der Waals surface area contributed by atoms with Gasteiger partial charge in [0, 0.05) is 26.0 Å². The zero-order chi connectivity index (χ0) is 12.4. The quantitative estimate of drug-likeness (QED) is 0.899. The highest BCUT2D eigenvalue weighted by Crippen LogP contribution is 2.29. The Morgan fingerprint density at radius 1 is 1.39 bits per heavy atom. The third-order valence-electron chi connectivity index (χ3n) is 3.61. The molecule has 0 radical (unpaired) electrons. The van der Waals surface area contributed by atoms with Crippen LogP contribution in [-0.4, -0.2) is 34.4 Å². The summed E-state index contributed by atoms with van der Waals surface area (Å²) in [6.07, 6.45) is 4.09. The first-order chi connectivity index (χ1) is 8.75. The number of hydrogen-bond acceptors (Lipinski definition) is 4. The van der Waals surface area contributed by atoms with Crippen molar-refractivity contribution in [3.8, 4) is 0 Å². The Morgan fingerprint density at radius 3 is 3.00 bits per heavy atom. The third kappa shape index (κ3) is 2.31. The normalized spacial score (nSPS) is 18.9. The average molecular weight is 246 g/mol. The maximum absolute atomic E-state index is 5.40. The van der Waals surface area contributed by atoms with Gasteiger partial charge in [-0.25, -0.2) is 4.52 Å². The molecule has 2 aromatic heterocycles. The number of anilines is 1. The molecule has 3 rings (SSSR count). The van der Waals surface area contributed by atoms with Crippen LogP contribution in [0.5, 0.6) is 0 Å². The number of hydrogen-bond donors (Lipinski definition) is 1. The Morgan fingerprint density at radius 2 is 2.22 bits per heavy atom. The molecule has 5 heteroatoms. The van der Waals surface area contributed by atoms with E-state index in [1.807, 2.05) is 24.4 Å². The summed E-state index contributed by atoms with van der Waals surface area (Å²) < 4.78 is 7.19. The van der Waals surface area contributed by atoms with E-state index in [2.05, 4.69) is 22.3 Å². The fraction of sp³-hybridized carbons (Fsp3) is 0.538. The van der Waals surface area contributed by atoms with Crippen LogP contribution in [0.2, 0.25) is 0 Å². The zero-order valence-corrected chi connectivity index (χ0v) is 10.6. The van der Waals surface area contributed by atoms with E-state index in [-0.39, 0.29) is 5.41 Å². The van der Waals surface area contributed by atoms with Gasteiger partial charge in [0.2, 0.25) is 5.95 Å². The zero-order valence-electron chi connectivity index (χ0n) is 10.6. The molecule has 0 amide bonds. The molecule has 0 unspecified atom stereocenters. The SMILES string of the molecule is CC1(CNc2nc3ccccn3n2)CCOCC1. The summed E-state index contributed by atoms with van der Waals surface area (Å²) in [5.41, 5.74) is 1.16. The van der Waals surface area contributed by atoms with Crippen molar-refractivity contribution in [1.29, 1.82) is 0 Å². The van der Waals surface area contributed by atoms with Gasteiger partial charge < -0.3 is 10.1 Å². The minimum Gasteiger partial charge on any atom is -0.381 e. The predicted molar refractivity (Wildman–Crippen MR) is 69.6 cm³/mol. The molecular weight excluding hydrogens is 228 g/mol. The molecule has 2 aromatic rings. The van der Waals surface area contributed by atoms with Crippen molar-refractivity contribution in [3.05, 3.63) is 24.4 Å². The van der Waals surface area contributed by atoms with Crippen molar-refractivity contribution < 1.29 is 4.74 Å². The number of aromatic nitrogens is 3. The van der Waals surface area contributed by atoms with Gasteiger partial charge in [-0.05, 0) is 30.4 Å². The van der Waals surface area contributed by atoms with E-state index in [4.69, 9.17) is 4.74 Å². The monoisotopic (exact) mass is 246 g/mol. The van der Waals surface area contributed by atoms with Crippen LogP contribution < -0.4 is 5.32 Å². The van der Waals surface area contributed by atoms with Crippen molar-refractivity contribution in [2.75, 3.05) is 25.1 Å². The fourth-order valence-corrected chi connectivity index (χ4v) is 2.24. The number of nitrogens with zero attached hydrogens (tertiary/aromatic N) is 3. The van der Waals surface area contributed by atoms with Gasteiger partial charge in [-0.2, -0.15) is 4.98 Å². The Labute approximate surface area is 106 Å². The summed E-state index contributed by atoms with van der Waals surface area (Å²) in [7, 11) is 0. The Balaban J connectivity index is 1.69. The van der Waals surface area contributed by atoms with Gasteiger partial charge in [0.15, 0.2) is 5.65 Å². The van der Waals surface area contributed by atoms with Gasteiger partial charge in [-0.1, -0.05) is 13.0 Å². The number of pyridine rings is 1. The summed E-state index contributed by atoms with van der Waals surface area (Å²) in [5, 5.41) is 7.74. The molecule has 3 heterocycles. The molecule has 1 N–H and O–H groups in total. The van der Waals surface area contributed by atoms with E-state index in [0.717, 1.165) is 38.2 Å². The first-order valence-corrected chi connectivity index (χ1v) is 6.38. The molecule has 0 aromatic carbocycles. The summed E-state index contributed by atoms with van der Waals surface area (Å²) >= 11 is 0. The van der Waals surface area contributed by atoms with Crippen LogP contribution in [0.1, 0.15) is 19.8 Å². The topological polar surface area (TPSA) is 51.5 Å². The maximum Gasteiger partial charge on any atom is 0.243 e. The van der Waals surface area contributed by atoms with Gasteiger partial charge in [0.05, 0.1) is 0 Å². The molecule has 0 atom stereocenters. The van der Waals surface area contributed by atoms with Gasteiger partial charge in [-0.15, -0.1) is 5.10 Å². The van der Waals surface area contributed by atoms with Crippen molar-refractivity contribution >= 4 is 11.6 Å². The molecule has 18 heavy (non-hydrogen) atoms. The summed E-state index contributed by atoms with van der Waals surface area (Å²) in [6.45, 7) is 4.90. The Hall–Kier alpha value is -1.62. The fourth-order valence-electron chi connectivity index (χ4n) is 2.24. The third-order valence-corrected chi connectivity index (χ3v) is 3.61. The van der Waals surface area contributed by atoms with Crippen molar-refractivity contribution in [2.45, 2.75) is 19.8 Å². The van der Waals surface area contributed by atoms with E-state index in [9.17, 15) is 0 Å². The minimum absolute atomic E-state index is 0.287. The number of nitrogens with one attached hydrogen (secondary N) is 1. The average Bonchev–Trinajstić information content (AvgIpc) is 2.80. The molecule has 1 fully saturated rings. The van der Waals surface area contributed by atoms with Crippen molar-refractivity contribution in [2.24, 2.45) is 5.41 Å². The number of rotatable bonds is 3. The van der Waals surface area contributed by atoms with Crippen LogP contribution in [0, 0.1) is 5.41 Å². The first kappa shape index (κ1) is 11.5. The first-order valence-electron chi connectivity index (χ1n) is 6.38. The highest BCUT2D eigenvalue weighted by atomic mass is 16.5. The largest absolute Gasteiger partial charge is 0.381 e. The van der Waals surface area contributed by atoms with Gasteiger partial charge in [-0.3, -0.25) is 0 Å². The van der Waals surface area contributed by atoms with Crippen LogP contribution in [0.25, 0.3) is 5.65 Å². The van der Waals surface area contributed by atoms with E-state index in [1.54, 1.807) is 4.52 Å². The highest BCUT2D eigenvalue weighted by molar-refractivity contribution is 5.42. The Kier molecular flexibility index (Phi) is 2.91. The molecule has 96 valence electrons. The summed E-state index contributed by atoms with van der Waals surface area (Å²) in [5.74, 6) is 0.703. The molecule has 1 saturated heterocycles. The van der Waals surface area contributed by atoms with Crippen LogP contribution in [0.3, 0.4) is 0 Å². The van der Waals surface area contributed by atoms with E-state index in [0.29, 0.717) is 5.95 Å². The van der Waals surface area contributed by atoms with Gasteiger partial charge in [0.25, 0.3) is 0 Å². The highest BCUT2D eigenvalue weighted by Gasteiger charge is 2.27. The molecule has 0 spiro atoms. The minimum atomic E-state index is 0.287. The predicted octanol–water partition coefficient (Wildman–Crippen LogP) is 1.96. The lowest BCUT2D eigenvalue weighted by Crippen LogP contribution is -2.33. The van der Waals surface area contributed by atoms with Crippen LogP contribution in [-0.2, 0) is 4.74 Å². The van der Waals surface area contributed by atoms with Crippen LogP contribution >= 0.6 is 0 Å². The smallest absolute Gasteiger partial charge is 0.243 e. The maximum atomic E-state index is 5.40. The van der Waals surface area contributed by atoms with Crippen LogP contribution in [0.15, 0.2) is 24.4 Å². The molecule has 5 nitrogen and oxygen atoms in total. The lowest BCUT2D eigenvalue weighted by molar-refractivity contribution is 0.0299. The molecular formula is C13H18N4O. The van der Waals surface area contributed by atoms with Gasteiger partial charge in [0.1, 0.15) is 0 Å². The second-order valence-corrected chi connectivity index (χ2v) is 5.22.